The summed E-state index contributed by atoms with van der Waals surface area (Å²) in [5, 5.41) is 16.2. The van der Waals surface area contributed by atoms with Crippen LogP contribution in [-0.2, 0) is 13.6 Å². The third-order valence-corrected chi connectivity index (χ3v) is 4.59. The average molecular weight is 372 g/mol. The van der Waals surface area contributed by atoms with Crippen LogP contribution in [0.15, 0.2) is 17.3 Å². The fraction of sp³-hybridized carbons (Fsp3) is 0.533. The monoisotopic (exact) mass is 371 g/mol. The van der Waals surface area contributed by atoms with Crippen molar-refractivity contribution in [1.29, 1.82) is 0 Å². The van der Waals surface area contributed by atoms with E-state index in [1.165, 1.54) is 0 Å². The van der Waals surface area contributed by atoms with Gasteiger partial charge in [-0.25, -0.2) is 4.68 Å². The number of thioether (sulfide) groups is 1. The zero-order valence-electron chi connectivity index (χ0n) is 14.1. The number of aryl methyl sites for hydroxylation is 1. The largest absolute Gasteiger partial charge is 0.493 e. The van der Waals surface area contributed by atoms with Crippen molar-refractivity contribution in [3.05, 3.63) is 22.7 Å². The van der Waals surface area contributed by atoms with Crippen LogP contribution in [0.5, 0.6) is 11.5 Å². The molecule has 1 heterocycles. The quantitative estimate of drug-likeness (QED) is 0.508. The summed E-state index contributed by atoms with van der Waals surface area (Å²) in [4.78, 5) is 0. The standard InChI is InChI=1S/C15H22ClN5O2S/c1-4-23-14-12(16)8-11(9-13(14)22-3)10-17-6-5-7-24-15-18-19-20-21(15)2/h8-9,17H,4-7,10H2,1-3H3. The lowest BCUT2D eigenvalue weighted by Crippen LogP contribution is -2.15. The number of hydrogen-bond acceptors (Lipinski definition) is 7. The van der Waals surface area contributed by atoms with E-state index in [1.54, 1.807) is 23.6 Å². The van der Waals surface area contributed by atoms with E-state index in [-0.39, 0.29) is 0 Å². The number of methoxy groups -OCH3 is 1. The first-order valence-corrected chi connectivity index (χ1v) is 9.07. The van der Waals surface area contributed by atoms with E-state index in [4.69, 9.17) is 21.1 Å². The lowest BCUT2D eigenvalue weighted by molar-refractivity contribution is 0.311. The fourth-order valence-corrected chi connectivity index (χ4v) is 3.17. The molecule has 0 amide bonds. The number of aromatic nitrogens is 4. The molecule has 0 unspecified atom stereocenters. The zero-order chi connectivity index (χ0) is 17.4. The van der Waals surface area contributed by atoms with Crippen molar-refractivity contribution in [2.24, 2.45) is 7.05 Å². The van der Waals surface area contributed by atoms with Gasteiger partial charge < -0.3 is 14.8 Å². The van der Waals surface area contributed by atoms with Crippen LogP contribution in [-0.4, -0.2) is 46.2 Å². The summed E-state index contributed by atoms with van der Waals surface area (Å²) in [6.45, 7) is 4.08. The maximum absolute atomic E-state index is 6.27. The Morgan fingerprint density at radius 3 is 2.88 bits per heavy atom. The summed E-state index contributed by atoms with van der Waals surface area (Å²) >= 11 is 7.91. The Morgan fingerprint density at radius 2 is 2.21 bits per heavy atom. The van der Waals surface area contributed by atoms with Gasteiger partial charge in [-0.1, -0.05) is 23.4 Å². The molecule has 0 bridgehead atoms. The maximum atomic E-state index is 6.27. The number of nitrogens with one attached hydrogen (secondary N) is 1. The van der Waals surface area contributed by atoms with Gasteiger partial charge in [0.25, 0.3) is 0 Å². The van der Waals surface area contributed by atoms with E-state index in [9.17, 15) is 0 Å². The van der Waals surface area contributed by atoms with Crippen molar-refractivity contribution in [2.75, 3.05) is 26.0 Å². The molecule has 2 aromatic rings. The van der Waals surface area contributed by atoms with Gasteiger partial charge in [-0.15, -0.1) is 5.10 Å². The van der Waals surface area contributed by atoms with Crippen LogP contribution < -0.4 is 14.8 Å². The molecule has 0 fully saturated rings. The summed E-state index contributed by atoms with van der Waals surface area (Å²) in [7, 11) is 3.45. The van der Waals surface area contributed by atoms with Crippen molar-refractivity contribution in [1.82, 2.24) is 25.5 Å². The van der Waals surface area contributed by atoms with Crippen LogP contribution in [0.3, 0.4) is 0 Å². The van der Waals surface area contributed by atoms with Gasteiger partial charge in [-0.3, -0.25) is 0 Å². The molecule has 0 atom stereocenters. The molecule has 1 aromatic carbocycles. The number of benzene rings is 1. The summed E-state index contributed by atoms with van der Waals surface area (Å²) in [5.41, 5.74) is 1.06. The molecule has 0 radical (unpaired) electrons. The molecule has 0 saturated carbocycles. The molecule has 132 valence electrons. The van der Waals surface area contributed by atoms with Crippen LogP contribution in [0.4, 0.5) is 0 Å². The molecule has 0 saturated heterocycles. The molecular formula is C15H22ClN5O2S. The number of nitrogens with zero attached hydrogens (tertiary/aromatic N) is 4. The summed E-state index contributed by atoms with van der Waals surface area (Å²) in [6, 6.07) is 3.85. The van der Waals surface area contributed by atoms with E-state index in [0.29, 0.717) is 23.1 Å². The number of hydrogen-bond donors (Lipinski definition) is 1. The highest BCUT2D eigenvalue weighted by Crippen LogP contribution is 2.36. The third-order valence-electron chi connectivity index (χ3n) is 3.22. The van der Waals surface area contributed by atoms with Crippen LogP contribution >= 0.6 is 23.4 Å². The minimum absolute atomic E-state index is 0.548. The maximum Gasteiger partial charge on any atom is 0.209 e. The van der Waals surface area contributed by atoms with Crippen LogP contribution in [0.1, 0.15) is 18.9 Å². The Balaban J connectivity index is 1.76. The second-order valence-electron chi connectivity index (χ2n) is 5.01. The van der Waals surface area contributed by atoms with Crippen LogP contribution in [0.2, 0.25) is 5.02 Å². The Labute approximate surface area is 151 Å². The Hall–Kier alpha value is -1.51. The van der Waals surface area contributed by atoms with Crippen LogP contribution in [0.25, 0.3) is 0 Å². The topological polar surface area (TPSA) is 74.1 Å². The van der Waals surface area contributed by atoms with Crippen molar-refractivity contribution < 1.29 is 9.47 Å². The van der Waals surface area contributed by atoms with Gasteiger partial charge in [0.2, 0.25) is 5.16 Å². The Morgan fingerprint density at radius 1 is 1.38 bits per heavy atom. The fourth-order valence-electron chi connectivity index (χ4n) is 2.10. The van der Waals surface area contributed by atoms with Gasteiger partial charge in [-0.2, -0.15) is 0 Å². The molecule has 7 nitrogen and oxygen atoms in total. The number of tetrazole rings is 1. The van der Waals surface area contributed by atoms with E-state index >= 15 is 0 Å². The lowest BCUT2D eigenvalue weighted by Gasteiger charge is -2.13. The molecule has 0 aliphatic rings. The average Bonchev–Trinajstić information content (AvgIpc) is 2.98. The highest BCUT2D eigenvalue weighted by Gasteiger charge is 2.11. The van der Waals surface area contributed by atoms with Crippen molar-refractivity contribution in [3.63, 3.8) is 0 Å². The molecule has 0 spiro atoms. The van der Waals surface area contributed by atoms with E-state index in [1.807, 2.05) is 26.1 Å². The van der Waals surface area contributed by atoms with Gasteiger partial charge in [-0.05, 0) is 48.0 Å². The number of ether oxygens (including phenoxy) is 2. The molecule has 2 rings (SSSR count). The predicted molar refractivity (Wildman–Crippen MR) is 95.0 cm³/mol. The Bertz CT molecular complexity index is 653. The van der Waals surface area contributed by atoms with Crippen LogP contribution in [0, 0.1) is 0 Å². The molecule has 0 aliphatic carbocycles. The summed E-state index contributed by atoms with van der Waals surface area (Å²) in [6.07, 6.45) is 1.01. The molecule has 1 aromatic heterocycles. The van der Waals surface area contributed by atoms with Gasteiger partial charge in [0.05, 0.1) is 18.7 Å². The molecule has 0 aliphatic heterocycles. The second kappa shape index (κ2) is 9.71. The summed E-state index contributed by atoms with van der Waals surface area (Å²) in [5.74, 6) is 2.21. The van der Waals surface area contributed by atoms with Crippen molar-refractivity contribution in [3.8, 4) is 11.5 Å². The molecular weight excluding hydrogens is 350 g/mol. The second-order valence-corrected chi connectivity index (χ2v) is 6.48. The SMILES string of the molecule is CCOc1c(Cl)cc(CNCCCSc2nnnn2C)cc1OC. The minimum atomic E-state index is 0.548. The van der Waals surface area contributed by atoms with E-state index in [2.05, 4.69) is 20.8 Å². The third kappa shape index (κ3) is 5.25. The van der Waals surface area contributed by atoms with Gasteiger partial charge in [0.1, 0.15) is 0 Å². The molecule has 24 heavy (non-hydrogen) atoms. The van der Waals surface area contributed by atoms with Crippen molar-refractivity contribution >= 4 is 23.4 Å². The minimum Gasteiger partial charge on any atom is -0.493 e. The zero-order valence-corrected chi connectivity index (χ0v) is 15.7. The number of halogens is 1. The van der Waals surface area contributed by atoms with Gasteiger partial charge >= 0.3 is 0 Å². The first-order valence-electron chi connectivity index (χ1n) is 7.70. The highest BCUT2D eigenvalue weighted by molar-refractivity contribution is 7.99. The molecule has 9 heteroatoms. The Kier molecular flexibility index (Phi) is 7.61. The number of rotatable bonds is 10. The highest BCUT2D eigenvalue weighted by atomic mass is 35.5. The lowest BCUT2D eigenvalue weighted by atomic mass is 10.2. The first-order chi connectivity index (χ1) is 11.7. The van der Waals surface area contributed by atoms with Gasteiger partial charge in [0, 0.05) is 19.3 Å². The van der Waals surface area contributed by atoms with E-state index in [0.717, 1.165) is 36.0 Å². The molecule has 1 N–H and O–H groups in total. The smallest absolute Gasteiger partial charge is 0.209 e. The van der Waals surface area contributed by atoms with Crippen molar-refractivity contribution in [2.45, 2.75) is 25.0 Å². The first kappa shape index (κ1) is 18.8. The predicted octanol–water partition coefficient (Wildman–Crippen LogP) is 2.54. The van der Waals surface area contributed by atoms with Gasteiger partial charge in [0.15, 0.2) is 11.5 Å². The summed E-state index contributed by atoms with van der Waals surface area (Å²) < 4.78 is 12.5. The normalized spacial score (nSPS) is 10.8. The van der Waals surface area contributed by atoms with E-state index < -0.39 is 0 Å².